The number of hydrogen-bond donors (Lipinski definition) is 1. The Kier molecular flexibility index (Phi) is 8.68. The summed E-state index contributed by atoms with van der Waals surface area (Å²) in [6, 6.07) is 2.54. The molecular formula is C17H29ClN2. The molecule has 1 heterocycles. The molecule has 0 atom stereocenters. The van der Waals surface area contributed by atoms with Gasteiger partial charge in [0.15, 0.2) is 5.15 Å². The van der Waals surface area contributed by atoms with Crippen LogP contribution < -0.4 is 5.32 Å². The third-order valence-corrected chi connectivity index (χ3v) is 4.06. The van der Waals surface area contributed by atoms with Gasteiger partial charge < -0.3 is 5.32 Å². The third-order valence-electron chi connectivity index (χ3n) is 3.77. The number of aryl methyl sites for hydroxylation is 1. The van der Waals surface area contributed by atoms with Gasteiger partial charge >= 0.3 is 0 Å². The topological polar surface area (TPSA) is 24.9 Å². The zero-order valence-electron chi connectivity index (χ0n) is 13.2. The molecule has 3 heteroatoms. The molecule has 0 bridgehead atoms. The van der Waals surface area contributed by atoms with E-state index in [-0.39, 0.29) is 0 Å². The molecular weight excluding hydrogens is 268 g/mol. The van der Waals surface area contributed by atoms with Gasteiger partial charge in [0.2, 0.25) is 0 Å². The average Bonchev–Trinajstić information content (AvgIpc) is 2.43. The molecule has 0 amide bonds. The van der Waals surface area contributed by atoms with Crippen LogP contribution in [0.2, 0.25) is 5.15 Å². The Hall–Kier alpha value is -0.760. The molecule has 20 heavy (non-hydrogen) atoms. The Labute approximate surface area is 129 Å². The number of unbranched alkanes of at least 4 members (excludes halogenated alkanes) is 4. The van der Waals surface area contributed by atoms with Gasteiger partial charge in [-0.15, -0.1) is 0 Å². The zero-order valence-corrected chi connectivity index (χ0v) is 14.0. The number of anilines is 1. The van der Waals surface area contributed by atoms with E-state index in [0.29, 0.717) is 11.2 Å². The Morgan fingerprint density at radius 2 is 1.70 bits per heavy atom. The van der Waals surface area contributed by atoms with Crippen molar-refractivity contribution in [3.8, 4) is 0 Å². The van der Waals surface area contributed by atoms with Crippen molar-refractivity contribution in [3.05, 3.63) is 23.0 Å². The second-order valence-corrected chi connectivity index (χ2v) is 5.98. The van der Waals surface area contributed by atoms with E-state index < -0.39 is 0 Å². The standard InChI is InChI=1S/C17H29ClN2/c1-4-6-8-10-15(11-9-7-5-2)20-16-14(3)12-13-19-17(16)18/h12-13,15,20H,4-11H2,1-3H3. The van der Waals surface area contributed by atoms with Gasteiger partial charge in [-0.05, 0) is 31.4 Å². The third kappa shape index (κ3) is 6.13. The van der Waals surface area contributed by atoms with Gasteiger partial charge in [-0.3, -0.25) is 0 Å². The summed E-state index contributed by atoms with van der Waals surface area (Å²) in [6.45, 7) is 6.59. The molecule has 1 aromatic heterocycles. The van der Waals surface area contributed by atoms with Crippen LogP contribution in [0.5, 0.6) is 0 Å². The second-order valence-electron chi connectivity index (χ2n) is 5.63. The lowest BCUT2D eigenvalue weighted by Gasteiger charge is -2.21. The molecule has 0 spiro atoms. The first-order valence-electron chi connectivity index (χ1n) is 8.06. The Balaban J connectivity index is 2.61. The minimum absolute atomic E-state index is 0.522. The monoisotopic (exact) mass is 296 g/mol. The van der Waals surface area contributed by atoms with Gasteiger partial charge in [0.1, 0.15) is 0 Å². The van der Waals surface area contributed by atoms with Gasteiger partial charge in [-0.25, -0.2) is 4.98 Å². The molecule has 0 aliphatic carbocycles. The maximum atomic E-state index is 6.22. The summed E-state index contributed by atoms with van der Waals surface area (Å²) < 4.78 is 0. The molecule has 0 fully saturated rings. The average molecular weight is 297 g/mol. The lowest BCUT2D eigenvalue weighted by atomic mass is 10.0. The normalized spacial score (nSPS) is 11.1. The second kappa shape index (κ2) is 10.0. The summed E-state index contributed by atoms with van der Waals surface area (Å²) in [4.78, 5) is 4.19. The van der Waals surface area contributed by atoms with Crippen molar-refractivity contribution in [2.45, 2.75) is 78.2 Å². The van der Waals surface area contributed by atoms with Crippen LogP contribution in [0.15, 0.2) is 12.3 Å². The summed E-state index contributed by atoms with van der Waals surface area (Å²) in [6.07, 6.45) is 12.0. The number of nitrogens with one attached hydrogen (secondary N) is 1. The maximum absolute atomic E-state index is 6.22. The molecule has 0 aliphatic rings. The van der Waals surface area contributed by atoms with Crippen molar-refractivity contribution in [1.82, 2.24) is 4.98 Å². The van der Waals surface area contributed by atoms with Gasteiger partial charge in [0.05, 0.1) is 5.69 Å². The van der Waals surface area contributed by atoms with Crippen LogP contribution in [0.4, 0.5) is 5.69 Å². The van der Waals surface area contributed by atoms with Crippen molar-refractivity contribution in [2.24, 2.45) is 0 Å². The summed E-state index contributed by atoms with van der Waals surface area (Å²) in [5.41, 5.74) is 2.20. The molecule has 0 saturated heterocycles. The summed E-state index contributed by atoms with van der Waals surface area (Å²) in [5.74, 6) is 0. The Bertz CT molecular complexity index is 349. The van der Waals surface area contributed by atoms with Crippen molar-refractivity contribution in [2.75, 3.05) is 5.32 Å². The fraction of sp³-hybridized carbons (Fsp3) is 0.706. The van der Waals surface area contributed by atoms with E-state index in [1.54, 1.807) is 6.20 Å². The number of nitrogens with zero attached hydrogens (tertiary/aromatic N) is 1. The van der Waals surface area contributed by atoms with Gasteiger partial charge in [0, 0.05) is 12.2 Å². The zero-order chi connectivity index (χ0) is 14.8. The molecule has 1 N–H and O–H groups in total. The molecule has 0 saturated carbocycles. The van der Waals surface area contributed by atoms with Crippen molar-refractivity contribution in [3.63, 3.8) is 0 Å². The first kappa shape index (κ1) is 17.3. The van der Waals surface area contributed by atoms with Gasteiger partial charge in [-0.2, -0.15) is 0 Å². The lowest BCUT2D eigenvalue weighted by Crippen LogP contribution is -2.20. The fourth-order valence-electron chi connectivity index (χ4n) is 2.47. The quantitative estimate of drug-likeness (QED) is 0.424. The number of aromatic nitrogens is 1. The Morgan fingerprint density at radius 1 is 1.10 bits per heavy atom. The van der Waals surface area contributed by atoms with E-state index >= 15 is 0 Å². The van der Waals surface area contributed by atoms with E-state index in [2.05, 4.69) is 31.1 Å². The van der Waals surface area contributed by atoms with Crippen molar-refractivity contribution >= 4 is 17.3 Å². The molecule has 1 rings (SSSR count). The van der Waals surface area contributed by atoms with Crippen LogP contribution in [0.25, 0.3) is 0 Å². The minimum atomic E-state index is 0.522. The SMILES string of the molecule is CCCCCC(CCCCC)Nc1c(C)ccnc1Cl. The largest absolute Gasteiger partial charge is 0.380 e. The van der Waals surface area contributed by atoms with Crippen LogP contribution in [0.1, 0.15) is 70.8 Å². The number of hydrogen-bond acceptors (Lipinski definition) is 2. The first-order chi connectivity index (χ1) is 9.69. The lowest BCUT2D eigenvalue weighted by molar-refractivity contribution is 0.526. The summed E-state index contributed by atoms with van der Waals surface area (Å²) in [7, 11) is 0. The van der Waals surface area contributed by atoms with Crippen LogP contribution in [-0.2, 0) is 0 Å². The van der Waals surface area contributed by atoms with E-state index in [1.807, 2.05) is 6.07 Å². The van der Waals surface area contributed by atoms with E-state index in [0.717, 1.165) is 5.69 Å². The predicted molar refractivity (Wildman–Crippen MR) is 89.7 cm³/mol. The van der Waals surface area contributed by atoms with E-state index in [1.165, 1.54) is 56.9 Å². The van der Waals surface area contributed by atoms with E-state index in [4.69, 9.17) is 11.6 Å². The highest BCUT2D eigenvalue weighted by atomic mass is 35.5. The van der Waals surface area contributed by atoms with Crippen LogP contribution in [0, 0.1) is 6.92 Å². The molecule has 0 radical (unpaired) electrons. The summed E-state index contributed by atoms with van der Waals surface area (Å²) in [5, 5.41) is 4.24. The first-order valence-corrected chi connectivity index (χ1v) is 8.44. The summed E-state index contributed by atoms with van der Waals surface area (Å²) >= 11 is 6.22. The number of rotatable bonds is 10. The van der Waals surface area contributed by atoms with Gasteiger partial charge in [-0.1, -0.05) is 64.0 Å². The van der Waals surface area contributed by atoms with E-state index in [9.17, 15) is 0 Å². The molecule has 0 aliphatic heterocycles. The van der Waals surface area contributed by atoms with Crippen LogP contribution >= 0.6 is 11.6 Å². The highest BCUT2D eigenvalue weighted by Crippen LogP contribution is 2.26. The van der Waals surface area contributed by atoms with Crippen LogP contribution in [-0.4, -0.2) is 11.0 Å². The number of halogens is 1. The molecule has 0 aromatic carbocycles. The molecule has 114 valence electrons. The molecule has 1 aromatic rings. The minimum Gasteiger partial charge on any atom is -0.380 e. The highest BCUT2D eigenvalue weighted by molar-refractivity contribution is 6.32. The fourth-order valence-corrected chi connectivity index (χ4v) is 2.73. The van der Waals surface area contributed by atoms with Gasteiger partial charge in [0.25, 0.3) is 0 Å². The van der Waals surface area contributed by atoms with Crippen LogP contribution in [0.3, 0.4) is 0 Å². The van der Waals surface area contributed by atoms with Crippen molar-refractivity contribution < 1.29 is 0 Å². The number of pyridine rings is 1. The molecule has 2 nitrogen and oxygen atoms in total. The predicted octanol–water partition coefficient (Wildman–Crippen LogP) is 5.98. The Morgan fingerprint density at radius 3 is 2.20 bits per heavy atom. The smallest absolute Gasteiger partial charge is 0.152 e. The maximum Gasteiger partial charge on any atom is 0.152 e. The molecule has 0 unspecified atom stereocenters. The van der Waals surface area contributed by atoms with Crippen molar-refractivity contribution in [1.29, 1.82) is 0 Å². The highest BCUT2D eigenvalue weighted by Gasteiger charge is 2.12.